The molecular weight excluding hydrogens is 283 g/mol. The molecule has 1 saturated heterocycles. The molecule has 1 N–H and O–H groups in total. The molecule has 0 spiro atoms. The van der Waals surface area contributed by atoms with E-state index in [4.69, 9.17) is 0 Å². The van der Waals surface area contributed by atoms with Crippen molar-refractivity contribution in [1.29, 1.82) is 0 Å². The molecule has 2 amide bonds. The first kappa shape index (κ1) is 14.3. The molecule has 1 aliphatic rings. The van der Waals surface area contributed by atoms with Gasteiger partial charge < -0.3 is 5.32 Å². The molecule has 2 aromatic rings. The number of carbonyl (C=O) groups is 2. The molecule has 5 heteroatoms. The molecule has 0 aliphatic carbocycles. The zero-order valence-electron chi connectivity index (χ0n) is 12.0. The lowest BCUT2D eigenvalue weighted by molar-refractivity contribution is -0.121. The molecule has 0 saturated carbocycles. The van der Waals surface area contributed by atoms with E-state index in [2.05, 4.69) is 5.32 Å². The van der Waals surface area contributed by atoms with Crippen LogP contribution in [0.2, 0.25) is 0 Å². The van der Waals surface area contributed by atoms with Crippen LogP contribution in [0.15, 0.2) is 48.5 Å². The molecule has 3 rings (SSSR count). The minimum atomic E-state index is -0.671. The van der Waals surface area contributed by atoms with Crippen molar-refractivity contribution in [3.63, 3.8) is 0 Å². The number of carbonyl (C=O) groups excluding carboxylic acids is 2. The van der Waals surface area contributed by atoms with Gasteiger partial charge in [-0.3, -0.25) is 9.59 Å². The number of hydrogen-bond acceptors (Lipinski definition) is 3. The van der Waals surface area contributed by atoms with Gasteiger partial charge in [-0.05, 0) is 31.2 Å². The average Bonchev–Trinajstić information content (AvgIpc) is 2.77. The van der Waals surface area contributed by atoms with Gasteiger partial charge in [-0.15, -0.1) is 0 Å². The lowest BCUT2D eigenvalue weighted by Crippen LogP contribution is -2.35. The summed E-state index contributed by atoms with van der Waals surface area (Å²) in [6.45, 7) is 1.97. The van der Waals surface area contributed by atoms with E-state index >= 15 is 0 Å². The minimum absolute atomic E-state index is 0.00528. The smallest absolute Gasteiger partial charge is 0.256 e. The normalized spacial score (nSPS) is 17.9. The molecule has 1 aliphatic heterocycles. The SMILES string of the molecule is Cc1ccc(N[C@@H]2CC(=O)N(c3ccccc3F)C2=O)cc1. The van der Waals surface area contributed by atoms with Gasteiger partial charge in [0.05, 0.1) is 12.1 Å². The first-order valence-corrected chi connectivity index (χ1v) is 7.01. The maximum atomic E-state index is 13.8. The number of aryl methyl sites for hydroxylation is 1. The summed E-state index contributed by atoms with van der Waals surface area (Å²) < 4.78 is 13.8. The van der Waals surface area contributed by atoms with E-state index in [9.17, 15) is 14.0 Å². The van der Waals surface area contributed by atoms with E-state index in [-0.39, 0.29) is 12.1 Å². The van der Waals surface area contributed by atoms with Crippen molar-refractivity contribution in [2.45, 2.75) is 19.4 Å². The lowest BCUT2D eigenvalue weighted by atomic mass is 10.2. The average molecular weight is 298 g/mol. The summed E-state index contributed by atoms with van der Waals surface area (Å²) in [4.78, 5) is 25.4. The summed E-state index contributed by atoms with van der Waals surface area (Å²) in [5.41, 5.74) is 1.87. The number of nitrogens with zero attached hydrogens (tertiary/aromatic N) is 1. The fraction of sp³-hybridized carbons (Fsp3) is 0.176. The van der Waals surface area contributed by atoms with Crippen LogP contribution in [0.5, 0.6) is 0 Å². The molecule has 0 aromatic heterocycles. The van der Waals surface area contributed by atoms with Crippen LogP contribution >= 0.6 is 0 Å². The largest absolute Gasteiger partial charge is 0.373 e. The Morgan fingerprint density at radius 1 is 1.09 bits per heavy atom. The molecule has 0 unspecified atom stereocenters. The van der Waals surface area contributed by atoms with E-state index in [1.165, 1.54) is 18.2 Å². The highest BCUT2D eigenvalue weighted by Gasteiger charge is 2.40. The molecular formula is C17H15FN2O2. The predicted molar refractivity (Wildman–Crippen MR) is 82.1 cm³/mol. The Morgan fingerprint density at radius 2 is 1.77 bits per heavy atom. The minimum Gasteiger partial charge on any atom is -0.373 e. The van der Waals surface area contributed by atoms with E-state index in [0.717, 1.165) is 16.2 Å². The Morgan fingerprint density at radius 3 is 2.45 bits per heavy atom. The van der Waals surface area contributed by atoms with Gasteiger partial charge >= 0.3 is 0 Å². The van der Waals surface area contributed by atoms with E-state index < -0.39 is 23.7 Å². The standard InChI is InChI=1S/C17H15FN2O2/c1-11-6-8-12(9-7-11)19-14-10-16(21)20(17(14)22)15-5-3-2-4-13(15)18/h2-9,14,19H,10H2,1H3/t14-/m1/s1. The number of halogens is 1. The van der Waals surface area contributed by atoms with Crippen molar-refractivity contribution in [3.8, 4) is 0 Å². The number of hydrogen-bond donors (Lipinski definition) is 1. The lowest BCUT2D eigenvalue weighted by Gasteiger charge is -2.16. The number of amides is 2. The third kappa shape index (κ3) is 2.57. The third-order valence-electron chi connectivity index (χ3n) is 3.63. The van der Waals surface area contributed by atoms with Gasteiger partial charge in [0, 0.05) is 5.69 Å². The van der Waals surface area contributed by atoms with Crippen LogP contribution in [0.25, 0.3) is 0 Å². The van der Waals surface area contributed by atoms with Crippen molar-refractivity contribution < 1.29 is 14.0 Å². The molecule has 1 atom stereocenters. The molecule has 4 nitrogen and oxygen atoms in total. The van der Waals surface area contributed by atoms with Crippen LogP contribution in [-0.4, -0.2) is 17.9 Å². The molecule has 112 valence electrons. The molecule has 1 heterocycles. The van der Waals surface area contributed by atoms with Crippen LogP contribution in [0.4, 0.5) is 15.8 Å². The first-order valence-electron chi connectivity index (χ1n) is 7.01. The van der Waals surface area contributed by atoms with Gasteiger partial charge in [-0.25, -0.2) is 9.29 Å². The number of rotatable bonds is 3. The summed E-state index contributed by atoms with van der Waals surface area (Å²) in [5, 5.41) is 3.03. The van der Waals surface area contributed by atoms with Gasteiger partial charge in [0.25, 0.3) is 5.91 Å². The van der Waals surface area contributed by atoms with Crippen molar-refractivity contribution in [1.82, 2.24) is 0 Å². The third-order valence-corrected chi connectivity index (χ3v) is 3.63. The maximum Gasteiger partial charge on any atom is 0.256 e. The molecule has 0 radical (unpaired) electrons. The first-order chi connectivity index (χ1) is 10.6. The Kier molecular flexibility index (Phi) is 3.63. The van der Waals surface area contributed by atoms with Crippen molar-refractivity contribution in [3.05, 3.63) is 59.9 Å². The Balaban J connectivity index is 1.82. The number of para-hydroxylation sites is 1. The summed E-state index contributed by atoms with van der Waals surface area (Å²) in [6.07, 6.45) is 0.0149. The topological polar surface area (TPSA) is 49.4 Å². The maximum absolute atomic E-state index is 13.8. The molecule has 1 fully saturated rings. The van der Waals surface area contributed by atoms with E-state index in [1.54, 1.807) is 6.07 Å². The number of benzene rings is 2. The fourth-order valence-electron chi connectivity index (χ4n) is 2.48. The zero-order valence-corrected chi connectivity index (χ0v) is 12.0. The molecule has 2 aromatic carbocycles. The summed E-state index contributed by atoms with van der Waals surface area (Å²) in [5.74, 6) is -1.42. The van der Waals surface area contributed by atoms with Gasteiger partial charge in [0.2, 0.25) is 5.91 Å². The number of anilines is 2. The van der Waals surface area contributed by atoms with Gasteiger partial charge in [-0.2, -0.15) is 0 Å². The quantitative estimate of drug-likeness (QED) is 0.886. The van der Waals surface area contributed by atoms with Crippen molar-refractivity contribution in [2.24, 2.45) is 0 Å². The number of imide groups is 1. The highest BCUT2D eigenvalue weighted by atomic mass is 19.1. The van der Waals surface area contributed by atoms with Gasteiger partial charge in [0.15, 0.2) is 0 Å². The Hall–Kier alpha value is -2.69. The Labute approximate surface area is 127 Å². The highest BCUT2D eigenvalue weighted by molar-refractivity contribution is 6.23. The van der Waals surface area contributed by atoms with Crippen LogP contribution in [0.3, 0.4) is 0 Å². The van der Waals surface area contributed by atoms with Crippen molar-refractivity contribution in [2.75, 3.05) is 10.2 Å². The molecule has 0 bridgehead atoms. The second-order valence-corrected chi connectivity index (χ2v) is 5.29. The molecule has 22 heavy (non-hydrogen) atoms. The van der Waals surface area contributed by atoms with Crippen LogP contribution in [0, 0.1) is 12.7 Å². The zero-order chi connectivity index (χ0) is 15.7. The van der Waals surface area contributed by atoms with Gasteiger partial charge in [-0.1, -0.05) is 29.8 Å². The van der Waals surface area contributed by atoms with Crippen LogP contribution < -0.4 is 10.2 Å². The summed E-state index contributed by atoms with van der Waals surface area (Å²) in [6, 6.07) is 12.6. The summed E-state index contributed by atoms with van der Waals surface area (Å²) >= 11 is 0. The van der Waals surface area contributed by atoms with E-state index in [0.29, 0.717) is 0 Å². The second kappa shape index (κ2) is 5.60. The fourth-order valence-corrected chi connectivity index (χ4v) is 2.48. The van der Waals surface area contributed by atoms with Crippen LogP contribution in [-0.2, 0) is 9.59 Å². The van der Waals surface area contributed by atoms with Crippen LogP contribution in [0.1, 0.15) is 12.0 Å². The Bertz CT molecular complexity index is 728. The van der Waals surface area contributed by atoms with Gasteiger partial charge in [0.1, 0.15) is 11.9 Å². The monoisotopic (exact) mass is 298 g/mol. The summed E-state index contributed by atoms with van der Waals surface area (Å²) in [7, 11) is 0. The van der Waals surface area contributed by atoms with E-state index in [1.807, 2.05) is 31.2 Å². The second-order valence-electron chi connectivity index (χ2n) is 5.29. The highest BCUT2D eigenvalue weighted by Crippen LogP contribution is 2.27. The predicted octanol–water partition coefficient (Wildman–Crippen LogP) is 2.88. The number of nitrogens with one attached hydrogen (secondary N) is 1. The van der Waals surface area contributed by atoms with Crippen molar-refractivity contribution >= 4 is 23.2 Å².